The highest BCUT2D eigenvalue weighted by Gasteiger charge is 2.28. The molecule has 1 amide bonds. The SMILES string of the molecule is Cn1cc(-c2ccc3ncc(C(O)Cn4ncc5ncc(-c6cnn(C7CCN(C(=O)OC(C)(C)C)CC7)c6)cc54)n3c2)cn1. The Hall–Kier alpha value is -5.04. The van der Waals surface area contributed by atoms with Crippen molar-refractivity contribution >= 4 is 22.8 Å². The number of fused-ring (bicyclic) bond motifs is 2. The molecule has 1 atom stereocenters. The normalized spacial score (nSPS) is 15.3. The van der Waals surface area contributed by atoms with Gasteiger partial charge in [-0.1, -0.05) is 0 Å². The summed E-state index contributed by atoms with van der Waals surface area (Å²) < 4.78 is 13.0. The first kappa shape index (κ1) is 28.7. The molecule has 0 spiro atoms. The Morgan fingerprint density at radius 2 is 1.71 bits per heavy atom. The number of aryl methyl sites for hydroxylation is 1. The van der Waals surface area contributed by atoms with Gasteiger partial charge in [0.2, 0.25) is 0 Å². The van der Waals surface area contributed by atoms with Gasteiger partial charge in [-0.15, -0.1) is 0 Å². The predicted molar refractivity (Wildman–Crippen MR) is 167 cm³/mol. The lowest BCUT2D eigenvalue weighted by Gasteiger charge is -2.33. The van der Waals surface area contributed by atoms with E-state index in [2.05, 4.69) is 25.3 Å². The van der Waals surface area contributed by atoms with Crippen LogP contribution >= 0.6 is 0 Å². The van der Waals surface area contributed by atoms with E-state index in [1.54, 1.807) is 26.7 Å². The molecular formula is C32H36N10O3. The van der Waals surface area contributed by atoms with Crippen molar-refractivity contribution in [2.24, 2.45) is 7.05 Å². The summed E-state index contributed by atoms with van der Waals surface area (Å²) in [6.07, 6.45) is 15.3. The number of ether oxygens (including phenoxy) is 1. The largest absolute Gasteiger partial charge is 0.444 e. The van der Waals surface area contributed by atoms with Crippen molar-refractivity contribution in [1.82, 2.24) is 48.6 Å². The Balaban J connectivity index is 1.07. The van der Waals surface area contributed by atoms with Crippen LogP contribution in [0, 0.1) is 0 Å². The first-order valence-corrected chi connectivity index (χ1v) is 15.1. The van der Waals surface area contributed by atoms with E-state index in [1.807, 2.05) is 92.3 Å². The minimum absolute atomic E-state index is 0.193. The van der Waals surface area contributed by atoms with Crippen LogP contribution in [-0.4, -0.2) is 78.5 Å². The van der Waals surface area contributed by atoms with Gasteiger partial charge in [0.1, 0.15) is 22.9 Å². The number of aliphatic hydroxyl groups is 1. The number of carbonyl (C=O) groups excluding carboxylic acids is 1. The number of aromatic nitrogens is 9. The number of piperidine rings is 1. The number of amides is 1. The molecular weight excluding hydrogens is 572 g/mol. The van der Waals surface area contributed by atoms with Gasteiger partial charge >= 0.3 is 6.09 Å². The zero-order chi connectivity index (χ0) is 31.3. The van der Waals surface area contributed by atoms with Gasteiger partial charge in [-0.3, -0.25) is 19.0 Å². The maximum Gasteiger partial charge on any atom is 0.410 e. The van der Waals surface area contributed by atoms with Crippen LogP contribution in [0.25, 0.3) is 38.9 Å². The first-order chi connectivity index (χ1) is 21.6. The molecule has 0 saturated carbocycles. The lowest BCUT2D eigenvalue weighted by molar-refractivity contribution is 0.0184. The number of carbonyl (C=O) groups is 1. The Labute approximate surface area is 259 Å². The molecule has 1 saturated heterocycles. The molecule has 13 heteroatoms. The Kier molecular flexibility index (Phi) is 7.11. The fourth-order valence-electron chi connectivity index (χ4n) is 5.83. The standard InChI is InChI=1S/C32H36N10O3/c1-32(2,3)45-31(44)39-9-7-25(8-10-39)41-19-24(14-36-41)22-11-27-26(33-12-22)15-37-42(27)20-29(43)28-16-34-30-6-5-21(18-40(28)30)23-13-35-38(4)17-23/h5-6,11-19,25,29,43H,7-10,20H2,1-4H3. The summed E-state index contributed by atoms with van der Waals surface area (Å²) in [4.78, 5) is 23.4. The summed E-state index contributed by atoms with van der Waals surface area (Å²) in [5.74, 6) is 0. The van der Waals surface area contributed by atoms with Gasteiger partial charge in [0.15, 0.2) is 0 Å². The van der Waals surface area contributed by atoms with Crippen LogP contribution in [0.4, 0.5) is 4.79 Å². The van der Waals surface area contributed by atoms with E-state index in [0.717, 1.165) is 51.8 Å². The lowest BCUT2D eigenvalue weighted by atomic mass is 10.1. The third kappa shape index (κ3) is 5.78. The summed E-state index contributed by atoms with van der Waals surface area (Å²) in [5.41, 5.74) is 6.28. The Bertz CT molecular complexity index is 1990. The maximum absolute atomic E-state index is 12.5. The zero-order valence-electron chi connectivity index (χ0n) is 25.8. The molecule has 7 heterocycles. The number of rotatable bonds is 6. The summed E-state index contributed by atoms with van der Waals surface area (Å²) in [7, 11) is 1.88. The molecule has 0 bridgehead atoms. The molecule has 0 radical (unpaired) electrons. The quantitative estimate of drug-likeness (QED) is 0.289. The van der Waals surface area contributed by atoms with E-state index in [0.29, 0.717) is 18.8 Å². The third-order valence-corrected chi connectivity index (χ3v) is 8.18. The van der Waals surface area contributed by atoms with Crippen molar-refractivity contribution in [3.63, 3.8) is 0 Å². The summed E-state index contributed by atoms with van der Waals surface area (Å²) in [6.45, 7) is 7.12. The molecule has 45 heavy (non-hydrogen) atoms. The molecule has 1 N–H and O–H groups in total. The van der Waals surface area contributed by atoms with Crippen LogP contribution in [-0.2, 0) is 18.3 Å². The van der Waals surface area contributed by atoms with Crippen molar-refractivity contribution in [2.45, 2.75) is 57.9 Å². The van der Waals surface area contributed by atoms with E-state index >= 15 is 0 Å². The molecule has 0 aromatic carbocycles. The fourth-order valence-corrected chi connectivity index (χ4v) is 5.83. The molecule has 7 rings (SSSR count). The van der Waals surface area contributed by atoms with E-state index in [9.17, 15) is 9.90 Å². The second kappa shape index (κ2) is 11.1. The molecule has 6 aromatic heterocycles. The number of hydrogen-bond acceptors (Lipinski definition) is 8. The van der Waals surface area contributed by atoms with E-state index in [4.69, 9.17) is 4.74 Å². The number of imidazole rings is 1. The van der Waals surface area contributed by atoms with E-state index < -0.39 is 11.7 Å². The molecule has 1 fully saturated rings. The van der Waals surface area contributed by atoms with Crippen LogP contribution in [0.3, 0.4) is 0 Å². The predicted octanol–water partition coefficient (Wildman–Crippen LogP) is 4.65. The second-order valence-electron chi connectivity index (χ2n) is 12.6. The molecule has 13 nitrogen and oxygen atoms in total. The summed E-state index contributed by atoms with van der Waals surface area (Å²) in [6, 6.07) is 6.16. The van der Waals surface area contributed by atoms with Crippen molar-refractivity contribution in [3.8, 4) is 22.3 Å². The molecule has 1 aliphatic rings. The van der Waals surface area contributed by atoms with Crippen LogP contribution in [0.15, 0.2) is 67.8 Å². The first-order valence-electron chi connectivity index (χ1n) is 15.1. The van der Waals surface area contributed by atoms with Gasteiger partial charge in [-0.2, -0.15) is 15.3 Å². The maximum atomic E-state index is 12.5. The monoisotopic (exact) mass is 608 g/mol. The highest BCUT2D eigenvalue weighted by molar-refractivity contribution is 5.80. The molecule has 0 aliphatic carbocycles. The number of aliphatic hydroxyl groups excluding tert-OH is 1. The van der Waals surface area contributed by atoms with Gasteiger partial charge in [-0.25, -0.2) is 9.78 Å². The van der Waals surface area contributed by atoms with Crippen LogP contribution < -0.4 is 0 Å². The van der Waals surface area contributed by atoms with Crippen molar-refractivity contribution in [2.75, 3.05) is 13.1 Å². The highest BCUT2D eigenvalue weighted by Crippen LogP contribution is 2.29. The van der Waals surface area contributed by atoms with Gasteiger partial charge < -0.3 is 19.1 Å². The van der Waals surface area contributed by atoms with Crippen LogP contribution in [0.2, 0.25) is 0 Å². The average Bonchev–Trinajstić information content (AvgIpc) is 3.82. The van der Waals surface area contributed by atoms with Gasteiger partial charge in [0.25, 0.3) is 0 Å². The highest BCUT2D eigenvalue weighted by atomic mass is 16.6. The minimum Gasteiger partial charge on any atom is -0.444 e. The second-order valence-corrected chi connectivity index (χ2v) is 12.6. The number of pyridine rings is 2. The minimum atomic E-state index is -0.856. The summed E-state index contributed by atoms with van der Waals surface area (Å²) in [5, 5.41) is 24.8. The van der Waals surface area contributed by atoms with Crippen molar-refractivity contribution < 1.29 is 14.6 Å². The van der Waals surface area contributed by atoms with Gasteiger partial charge in [0.05, 0.1) is 48.6 Å². The van der Waals surface area contributed by atoms with Gasteiger partial charge in [-0.05, 0) is 51.8 Å². The third-order valence-electron chi connectivity index (χ3n) is 8.18. The smallest absolute Gasteiger partial charge is 0.410 e. The van der Waals surface area contributed by atoms with Crippen molar-refractivity contribution in [3.05, 3.63) is 73.5 Å². The lowest BCUT2D eigenvalue weighted by Crippen LogP contribution is -2.42. The topological polar surface area (TPSA) is 133 Å². The Morgan fingerprint density at radius 3 is 2.47 bits per heavy atom. The van der Waals surface area contributed by atoms with Crippen molar-refractivity contribution in [1.29, 1.82) is 0 Å². The van der Waals surface area contributed by atoms with Crippen LogP contribution in [0.1, 0.15) is 51.5 Å². The molecule has 6 aromatic rings. The number of nitrogens with zero attached hydrogens (tertiary/aromatic N) is 10. The fraction of sp³-hybridized carbons (Fsp3) is 0.375. The average molecular weight is 609 g/mol. The molecule has 1 aliphatic heterocycles. The zero-order valence-corrected chi connectivity index (χ0v) is 25.8. The van der Waals surface area contributed by atoms with E-state index in [1.165, 1.54) is 0 Å². The molecule has 1 unspecified atom stereocenters. The van der Waals surface area contributed by atoms with Crippen LogP contribution in [0.5, 0.6) is 0 Å². The van der Waals surface area contributed by atoms with E-state index in [-0.39, 0.29) is 18.7 Å². The number of hydrogen-bond donors (Lipinski definition) is 1. The summed E-state index contributed by atoms with van der Waals surface area (Å²) >= 11 is 0. The molecule has 232 valence electrons. The van der Waals surface area contributed by atoms with Gasteiger partial charge in [0, 0.05) is 67.2 Å². The Morgan fingerprint density at radius 1 is 0.933 bits per heavy atom. The number of likely N-dealkylation sites (tertiary alicyclic amines) is 1.